The average molecular weight is 402 g/mol. The molecule has 0 spiro atoms. The van der Waals surface area contributed by atoms with Crippen molar-refractivity contribution in [2.75, 3.05) is 32.4 Å². The summed E-state index contributed by atoms with van der Waals surface area (Å²) in [4.78, 5) is 4.15. The Balaban J connectivity index is 0.00000180. The predicted octanol–water partition coefficient (Wildman–Crippen LogP) is 0.213. The Labute approximate surface area is 132 Å². The van der Waals surface area contributed by atoms with Gasteiger partial charge in [-0.1, -0.05) is 0 Å². The summed E-state index contributed by atoms with van der Waals surface area (Å²) < 4.78 is 24.6. The summed E-state index contributed by atoms with van der Waals surface area (Å²) in [6.07, 6.45) is 2.43. The highest BCUT2D eigenvalue weighted by molar-refractivity contribution is 14.0. The zero-order chi connectivity index (χ0) is 13.2. The molecule has 0 atom stereocenters. The first-order chi connectivity index (χ1) is 8.55. The van der Waals surface area contributed by atoms with Crippen molar-refractivity contribution < 1.29 is 8.42 Å². The Hall–Kier alpha value is -0.0900. The lowest BCUT2D eigenvalue weighted by Gasteiger charge is -2.38. The van der Waals surface area contributed by atoms with Gasteiger partial charge < -0.3 is 10.6 Å². The van der Waals surface area contributed by atoms with Crippen molar-refractivity contribution in [3.63, 3.8) is 0 Å². The molecular formula is C11H23IN4O2S. The molecule has 1 saturated carbocycles. The highest BCUT2D eigenvalue weighted by atomic mass is 127. The van der Waals surface area contributed by atoms with Crippen molar-refractivity contribution >= 4 is 40.0 Å². The molecule has 1 aliphatic carbocycles. The van der Waals surface area contributed by atoms with Crippen LogP contribution in [0.3, 0.4) is 0 Å². The van der Waals surface area contributed by atoms with Crippen LogP contribution in [-0.2, 0) is 10.0 Å². The summed E-state index contributed by atoms with van der Waals surface area (Å²) in [6, 6.07) is 0.578. The molecule has 0 radical (unpaired) electrons. The summed E-state index contributed by atoms with van der Waals surface area (Å²) in [7, 11) is -1.23. The van der Waals surface area contributed by atoms with E-state index in [1.54, 1.807) is 18.3 Å². The van der Waals surface area contributed by atoms with Crippen molar-refractivity contribution in [3.05, 3.63) is 0 Å². The van der Waals surface area contributed by atoms with E-state index in [1.165, 1.54) is 12.8 Å². The van der Waals surface area contributed by atoms with Gasteiger partial charge in [-0.25, -0.2) is 12.7 Å². The van der Waals surface area contributed by atoms with E-state index in [0.29, 0.717) is 25.0 Å². The minimum atomic E-state index is -2.99. The molecule has 0 unspecified atom stereocenters. The number of sulfonamides is 1. The summed E-state index contributed by atoms with van der Waals surface area (Å²) in [5.74, 6) is 1.41. The lowest BCUT2D eigenvalue weighted by molar-refractivity contribution is 0.202. The molecule has 19 heavy (non-hydrogen) atoms. The topological polar surface area (TPSA) is 73.8 Å². The molecule has 2 aliphatic rings. The fourth-order valence-electron chi connectivity index (χ4n) is 1.92. The highest BCUT2D eigenvalue weighted by Gasteiger charge is 2.34. The fraction of sp³-hybridized carbons (Fsp3) is 0.909. The van der Waals surface area contributed by atoms with Gasteiger partial charge in [-0.05, 0) is 19.8 Å². The van der Waals surface area contributed by atoms with Gasteiger partial charge in [0.25, 0.3) is 0 Å². The Morgan fingerprint density at radius 1 is 1.37 bits per heavy atom. The van der Waals surface area contributed by atoms with Crippen LogP contribution < -0.4 is 10.6 Å². The molecule has 2 fully saturated rings. The molecule has 6 nitrogen and oxygen atoms in total. The SMILES string of the molecule is CCS(=O)(=O)N1CC(CNC(=NC)NC2CC2)C1.I. The minimum Gasteiger partial charge on any atom is -0.356 e. The van der Waals surface area contributed by atoms with Crippen LogP contribution in [0.1, 0.15) is 19.8 Å². The summed E-state index contributed by atoms with van der Waals surface area (Å²) in [6.45, 7) is 3.72. The van der Waals surface area contributed by atoms with Gasteiger partial charge in [0.15, 0.2) is 5.96 Å². The third-order valence-corrected chi connectivity index (χ3v) is 5.20. The molecule has 0 bridgehead atoms. The summed E-state index contributed by atoms with van der Waals surface area (Å²) in [5, 5.41) is 6.55. The molecule has 0 aromatic heterocycles. The van der Waals surface area contributed by atoms with E-state index in [0.717, 1.165) is 12.5 Å². The van der Waals surface area contributed by atoms with E-state index in [-0.39, 0.29) is 29.7 Å². The number of nitrogens with zero attached hydrogens (tertiary/aromatic N) is 2. The van der Waals surface area contributed by atoms with Crippen LogP contribution in [0.15, 0.2) is 4.99 Å². The molecule has 1 aliphatic heterocycles. The highest BCUT2D eigenvalue weighted by Crippen LogP contribution is 2.20. The standard InChI is InChI=1S/C11H22N4O2S.HI/c1-3-18(16,17)15-7-9(8-15)6-13-11(12-2)14-10-4-5-10;/h9-10H,3-8H2,1-2H3,(H2,12,13,14);1H. The number of hydrogen-bond donors (Lipinski definition) is 2. The second-order valence-electron chi connectivity index (χ2n) is 4.96. The third kappa shape index (κ3) is 4.75. The normalized spacial score (nSPS) is 21.5. The van der Waals surface area contributed by atoms with Gasteiger partial charge in [-0.15, -0.1) is 24.0 Å². The first-order valence-electron chi connectivity index (χ1n) is 6.50. The van der Waals surface area contributed by atoms with E-state index in [2.05, 4.69) is 15.6 Å². The Morgan fingerprint density at radius 2 is 2.00 bits per heavy atom. The lowest BCUT2D eigenvalue weighted by atomic mass is 10.0. The molecule has 112 valence electrons. The van der Waals surface area contributed by atoms with Gasteiger partial charge in [-0.3, -0.25) is 4.99 Å². The van der Waals surface area contributed by atoms with Gasteiger partial charge >= 0.3 is 0 Å². The average Bonchev–Trinajstić information content (AvgIpc) is 3.09. The van der Waals surface area contributed by atoms with E-state index in [1.807, 2.05) is 0 Å². The third-order valence-electron chi connectivity index (χ3n) is 3.38. The number of hydrogen-bond acceptors (Lipinski definition) is 3. The van der Waals surface area contributed by atoms with Crippen molar-refractivity contribution in [3.8, 4) is 0 Å². The van der Waals surface area contributed by atoms with Gasteiger partial charge in [0.2, 0.25) is 10.0 Å². The molecule has 1 saturated heterocycles. The molecule has 1 heterocycles. The minimum absolute atomic E-state index is 0. The van der Waals surface area contributed by atoms with E-state index < -0.39 is 10.0 Å². The Kier molecular flexibility index (Phi) is 6.31. The van der Waals surface area contributed by atoms with Gasteiger partial charge in [0, 0.05) is 38.6 Å². The van der Waals surface area contributed by atoms with Crippen LogP contribution in [0, 0.1) is 5.92 Å². The number of nitrogens with one attached hydrogen (secondary N) is 2. The predicted molar refractivity (Wildman–Crippen MR) is 87.5 cm³/mol. The van der Waals surface area contributed by atoms with Crippen LogP contribution in [0.2, 0.25) is 0 Å². The maximum atomic E-state index is 11.5. The van der Waals surface area contributed by atoms with E-state index in [4.69, 9.17) is 0 Å². The smallest absolute Gasteiger partial charge is 0.213 e. The monoisotopic (exact) mass is 402 g/mol. The zero-order valence-corrected chi connectivity index (χ0v) is 14.6. The van der Waals surface area contributed by atoms with Gasteiger partial charge in [-0.2, -0.15) is 0 Å². The Morgan fingerprint density at radius 3 is 2.47 bits per heavy atom. The molecule has 2 N–H and O–H groups in total. The molecular weight excluding hydrogens is 379 g/mol. The Bertz CT molecular complexity index is 416. The van der Waals surface area contributed by atoms with Crippen LogP contribution in [0.25, 0.3) is 0 Å². The lowest BCUT2D eigenvalue weighted by Crippen LogP contribution is -2.55. The van der Waals surface area contributed by atoms with Crippen LogP contribution >= 0.6 is 24.0 Å². The van der Waals surface area contributed by atoms with E-state index >= 15 is 0 Å². The first kappa shape index (κ1) is 17.0. The van der Waals surface area contributed by atoms with Crippen LogP contribution in [-0.4, -0.2) is 57.2 Å². The number of rotatable bonds is 5. The van der Waals surface area contributed by atoms with Gasteiger partial charge in [0.1, 0.15) is 0 Å². The quantitative estimate of drug-likeness (QED) is 0.392. The van der Waals surface area contributed by atoms with Crippen molar-refractivity contribution in [2.45, 2.75) is 25.8 Å². The van der Waals surface area contributed by atoms with Crippen LogP contribution in [0.4, 0.5) is 0 Å². The number of aliphatic imine (C=N–C) groups is 1. The van der Waals surface area contributed by atoms with Crippen molar-refractivity contribution in [2.24, 2.45) is 10.9 Å². The summed E-state index contributed by atoms with van der Waals surface area (Å²) in [5.41, 5.74) is 0. The van der Waals surface area contributed by atoms with Crippen LogP contribution in [0.5, 0.6) is 0 Å². The maximum absolute atomic E-state index is 11.5. The van der Waals surface area contributed by atoms with Crippen molar-refractivity contribution in [1.29, 1.82) is 0 Å². The number of guanidine groups is 1. The van der Waals surface area contributed by atoms with Gasteiger partial charge in [0.05, 0.1) is 5.75 Å². The zero-order valence-electron chi connectivity index (χ0n) is 11.4. The molecule has 0 aromatic carbocycles. The molecule has 0 amide bonds. The molecule has 0 aromatic rings. The summed E-state index contributed by atoms with van der Waals surface area (Å²) >= 11 is 0. The first-order valence-corrected chi connectivity index (χ1v) is 8.11. The van der Waals surface area contributed by atoms with E-state index in [9.17, 15) is 8.42 Å². The number of halogens is 1. The molecule has 2 rings (SSSR count). The largest absolute Gasteiger partial charge is 0.356 e. The second kappa shape index (κ2) is 7.07. The maximum Gasteiger partial charge on any atom is 0.213 e. The fourth-order valence-corrected chi connectivity index (χ4v) is 3.16. The van der Waals surface area contributed by atoms with Crippen molar-refractivity contribution in [1.82, 2.24) is 14.9 Å². The second-order valence-corrected chi connectivity index (χ2v) is 7.21. The molecule has 8 heteroatoms.